The number of carboxylic acids is 1. The van der Waals surface area contributed by atoms with Crippen LogP contribution >= 0.6 is 0 Å². The molecule has 4 aromatic rings. The van der Waals surface area contributed by atoms with Crippen molar-refractivity contribution in [2.24, 2.45) is 0 Å². The molecule has 1 aliphatic rings. The van der Waals surface area contributed by atoms with E-state index in [2.05, 4.69) is 30.6 Å². The van der Waals surface area contributed by atoms with Gasteiger partial charge in [0.1, 0.15) is 0 Å². The van der Waals surface area contributed by atoms with Crippen LogP contribution in [0, 0.1) is 6.92 Å². The highest BCUT2D eigenvalue weighted by Crippen LogP contribution is 2.31. The minimum atomic E-state index is -5.08. The summed E-state index contributed by atoms with van der Waals surface area (Å²) in [6.07, 6.45) is -2.30. The molecular weight excluding hydrogens is 457 g/mol. The summed E-state index contributed by atoms with van der Waals surface area (Å²) < 4.78 is 37.2. The van der Waals surface area contributed by atoms with E-state index < -0.39 is 12.1 Å². The van der Waals surface area contributed by atoms with Gasteiger partial charge in [-0.3, -0.25) is 9.78 Å². The van der Waals surface area contributed by atoms with Gasteiger partial charge >= 0.3 is 12.1 Å². The smallest absolute Gasteiger partial charge is 0.475 e. The van der Waals surface area contributed by atoms with Crippen molar-refractivity contribution in [1.82, 2.24) is 30.6 Å². The van der Waals surface area contributed by atoms with Gasteiger partial charge in [0.25, 0.3) is 11.4 Å². The van der Waals surface area contributed by atoms with Crippen molar-refractivity contribution >= 4 is 16.7 Å². The average molecular weight is 474 g/mol. The number of hydrogen-bond acceptors (Lipinski definition) is 8. The topological polar surface area (TPSA) is 147 Å². The van der Waals surface area contributed by atoms with Crippen LogP contribution in [0.25, 0.3) is 33.7 Å². The van der Waals surface area contributed by atoms with Crippen LogP contribution in [0.3, 0.4) is 0 Å². The molecule has 1 aliphatic heterocycles. The van der Waals surface area contributed by atoms with Gasteiger partial charge in [-0.2, -0.15) is 23.3 Å². The number of fused-ring (bicyclic) bond motifs is 2. The van der Waals surface area contributed by atoms with Crippen molar-refractivity contribution in [2.45, 2.75) is 26.1 Å². The van der Waals surface area contributed by atoms with E-state index in [0.717, 1.165) is 36.3 Å². The summed E-state index contributed by atoms with van der Waals surface area (Å²) in [6.45, 7) is 3.63. The van der Waals surface area contributed by atoms with Gasteiger partial charge in [-0.25, -0.2) is 9.89 Å². The van der Waals surface area contributed by atoms with E-state index in [9.17, 15) is 18.0 Å². The molecule has 0 fully saturated rings. The maximum absolute atomic E-state index is 12.0. The molecule has 0 aliphatic carbocycles. The molecule has 4 heterocycles. The number of nitrogens with one attached hydrogen (secondary N) is 2. The summed E-state index contributed by atoms with van der Waals surface area (Å²) in [5, 5.41) is 22.5. The summed E-state index contributed by atoms with van der Waals surface area (Å²) in [5.74, 6) is -2.00. The third-order valence-corrected chi connectivity index (χ3v) is 5.12. The predicted molar refractivity (Wildman–Crippen MR) is 113 cm³/mol. The second-order valence-electron chi connectivity index (χ2n) is 7.32. The Morgan fingerprint density at radius 2 is 1.91 bits per heavy atom. The van der Waals surface area contributed by atoms with Crippen LogP contribution < -0.4 is 10.9 Å². The summed E-state index contributed by atoms with van der Waals surface area (Å²) in [7, 11) is 0. The second-order valence-corrected chi connectivity index (χ2v) is 7.32. The van der Waals surface area contributed by atoms with Crippen molar-refractivity contribution in [2.75, 3.05) is 6.54 Å². The van der Waals surface area contributed by atoms with E-state index in [4.69, 9.17) is 14.4 Å². The van der Waals surface area contributed by atoms with Gasteiger partial charge < -0.3 is 14.9 Å². The molecule has 1 aromatic carbocycles. The van der Waals surface area contributed by atoms with Crippen molar-refractivity contribution in [3.05, 3.63) is 57.6 Å². The lowest BCUT2D eigenvalue weighted by molar-refractivity contribution is -0.192. The first-order chi connectivity index (χ1) is 16.2. The zero-order valence-corrected chi connectivity index (χ0v) is 17.6. The van der Waals surface area contributed by atoms with Gasteiger partial charge in [0.05, 0.1) is 5.39 Å². The number of carboxylic acid groups (broad SMARTS) is 1. The highest BCUT2D eigenvalue weighted by atomic mass is 19.4. The van der Waals surface area contributed by atoms with E-state index in [0.29, 0.717) is 22.3 Å². The normalized spacial score (nSPS) is 13.2. The predicted octanol–water partition coefficient (Wildman–Crippen LogP) is 2.62. The van der Waals surface area contributed by atoms with Crippen LogP contribution in [0.5, 0.6) is 0 Å². The molecule has 176 valence electrons. The van der Waals surface area contributed by atoms with E-state index in [-0.39, 0.29) is 11.4 Å². The number of aromatic amines is 1. The zero-order chi connectivity index (χ0) is 24.5. The SMILES string of the molecule is Cc1ncc2c(c1-c1noc(-c3n[nH]c(=O)c4ccccc34)n1)CCNC2.O=C(O)C(F)(F)F. The highest BCUT2D eigenvalue weighted by Gasteiger charge is 2.38. The number of aromatic nitrogens is 5. The number of aryl methyl sites for hydroxylation is 1. The summed E-state index contributed by atoms with van der Waals surface area (Å²) in [6, 6.07) is 7.21. The number of rotatable bonds is 2. The lowest BCUT2D eigenvalue weighted by Gasteiger charge is -2.19. The molecule has 0 atom stereocenters. The fourth-order valence-electron chi connectivity index (χ4n) is 3.57. The highest BCUT2D eigenvalue weighted by molar-refractivity contribution is 5.91. The molecule has 3 N–H and O–H groups in total. The molecule has 0 saturated heterocycles. The van der Waals surface area contributed by atoms with E-state index in [1.54, 1.807) is 12.1 Å². The number of hydrogen-bond donors (Lipinski definition) is 3. The number of nitrogens with zero attached hydrogens (tertiary/aromatic N) is 4. The first-order valence-corrected chi connectivity index (χ1v) is 9.97. The Balaban J connectivity index is 0.000000344. The molecule has 0 amide bonds. The van der Waals surface area contributed by atoms with Gasteiger partial charge in [-0.1, -0.05) is 23.4 Å². The number of halogens is 3. The molecular formula is C21H17F3N6O4. The van der Waals surface area contributed by atoms with Crippen LogP contribution in [-0.2, 0) is 17.8 Å². The molecule has 10 nitrogen and oxygen atoms in total. The Kier molecular flexibility index (Phi) is 6.11. The van der Waals surface area contributed by atoms with Crippen LogP contribution in [0.1, 0.15) is 16.8 Å². The molecule has 13 heteroatoms. The number of alkyl halides is 3. The maximum atomic E-state index is 12.0. The number of aliphatic carboxylic acids is 1. The van der Waals surface area contributed by atoms with Crippen LogP contribution in [0.15, 0.2) is 39.8 Å². The first kappa shape index (κ1) is 23.0. The standard InChI is InChI=1S/C19H16N6O2.C2HF3O2/c1-10-15(12-6-7-20-8-11(12)9-21-10)17-22-19(27-25-17)16-13-4-2-3-5-14(13)18(26)24-23-16;3-2(4,5)1(6)7/h2-5,9,20H,6-8H2,1H3,(H,24,26);(H,6,7). The van der Waals surface area contributed by atoms with Gasteiger partial charge in [0, 0.05) is 29.4 Å². The second kappa shape index (κ2) is 9.02. The number of pyridine rings is 1. The van der Waals surface area contributed by atoms with Crippen molar-refractivity contribution in [1.29, 1.82) is 0 Å². The fraction of sp³-hybridized carbons (Fsp3) is 0.238. The van der Waals surface area contributed by atoms with Gasteiger partial charge in [-0.05, 0) is 37.1 Å². The van der Waals surface area contributed by atoms with Crippen molar-refractivity contribution < 1.29 is 27.6 Å². The minimum Gasteiger partial charge on any atom is -0.475 e. The summed E-state index contributed by atoms with van der Waals surface area (Å²) >= 11 is 0. The van der Waals surface area contributed by atoms with Gasteiger partial charge in [0.2, 0.25) is 5.82 Å². The fourth-order valence-corrected chi connectivity index (χ4v) is 3.57. The Morgan fingerprint density at radius 3 is 2.62 bits per heavy atom. The monoisotopic (exact) mass is 474 g/mol. The van der Waals surface area contributed by atoms with Crippen molar-refractivity contribution in [3.8, 4) is 23.0 Å². The quantitative estimate of drug-likeness (QED) is 0.399. The largest absolute Gasteiger partial charge is 0.490 e. The molecule has 0 unspecified atom stereocenters. The zero-order valence-electron chi connectivity index (χ0n) is 17.6. The molecule has 5 rings (SSSR count). The maximum Gasteiger partial charge on any atom is 0.490 e. The van der Waals surface area contributed by atoms with Crippen LogP contribution in [0.2, 0.25) is 0 Å². The van der Waals surface area contributed by atoms with E-state index in [1.807, 2.05) is 25.3 Å². The number of H-pyrrole nitrogens is 1. The Hall–Kier alpha value is -4.13. The Bertz CT molecular complexity index is 1430. The first-order valence-electron chi connectivity index (χ1n) is 9.97. The summed E-state index contributed by atoms with van der Waals surface area (Å²) in [4.78, 5) is 30.0. The molecule has 0 spiro atoms. The lowest BCUT2D eigenvalue weighted by atomic mass is 9.95. The third kappa shape index (κ3) is 4.50. The number of benzene rings is 1. The minimum absolute atomic E-state index is 0.251. The molecule has 3 aromatic heterocycles. The van der Waals surface area contributed by atoms with Crippen LogP contribution in [0.4, 0.5) is 13.2 Å². The molecule has 34 heavy (non-hydrogen) atoms. The lowest BCUT2D eigenvalue weighted by Crippen LogP contribution is -2.24. The summed E-state index contributed by atoms with van der Waals surface area (Å²) in [5.41, 5.74) is 4.34. The van der Waals surface area contributed by atoms with Crippen LogP contribution in [-0.4, -0.2) is 49.1 Å². The third-order valence-electron chi connectivity index (χ3n) is 5.12. The van der Waals surface area contributed by atoms with Crippen molar-refractivity contribution in [3.63, 3.8) is 0 Å². The van der Waals surface area contributed by atoms with Gasteiger partial charge in [-0.15, -0.1) is 0 Å². The molecule has 0 saturated carbocycles. The molecule has 0 radical (unpaired) electrons. The van der Waals surface area contributed by atoms with E-state index in [1.165, 1.54) is 5.56 Å². The Morgan fingerprint density at radius 1 is 1.21 bits per heavy atom. The average Bonchev–Trinajstić information content (AvgIpc) is 3.28. The Labute approximate surface area is 188 Å². The van der Waals surface area contributed by atoms with Gasteiger partial charge in [0.15, 0.2) is 5.69 Å². The molecule has 0 bridgehead atoms. The van der Waals surface area contributed by atoms with E-state index >= 15 is 0 Å². The number of carbonyl (C=O) groups is 1.